The van der Waals surface area contributed by atoms with Gasteiger partial charge >= 0.3 is 0 Å². The van der Waals surface area contributed by atoms with Crippen LogP contribution in [0, 0.1) is 0 Å². The Hall–Kier alpha value is -2.38. The van der Waals surface area contributed by atoms with Crippen LogP contribution in [0.4, 0.5) is 0 Å². The summed E-state index contributed by atoms with van der Waals surface area (Å²) < 4.78 is 28.8. The highest BCUT2D eigenvalue weighted by molar-refractivity contribution is 7.90. The lowest BCUT2D eigenvalue weighted by Gasteiger charge is -2.06. The van der Waals surface area contributed by atoms with E-state index in [2.05, 4.69) is 9.71 Å². The number of benzene rings is 1. The summed E-state index contributed by atoms with van der Waals surface area (Å²) in [5.41, 5.74) is 0.876. The second-order valence-electron chi connectivity index (χ2n) is 4.92. The highest BCUT2D eigenvalue weighted by atomic mass is 35.5. The highest BCUT2D eigenvalue weighted by Gasteiger charge is 2.23. The molecule has 3 rings (SSSR count). The molecule has 0 aliphatic rings. The zero-order chi connectivity index (χ0) is 16.6. The number of hydrogen-bond acceptors (Lipinski definition) is 4. The number of carbonyl (C=O) groups excluding carboxylic acids is 1. The van der Waals surface area contributed by atoms with E-state index >= 15 is 0 Å². The van der Waals surface area contributed by atoms with Crippen LogP contribution in [0.1, 0.15) is 10.4 Å². The van der Waals surface area contributed by atoms with Gasteiger partial charge in [-0.3, -0.25) is 4.79 Å². The molecule has 2 heterocycles. The third kappa shape index (κ3) is 2.93. The van der Waals surface area contributed by atoms with Crippen LogP contribution in [0.2, 0.25) is 5.15 Å². The zero-order valence-electron chi connectivity index (χ0n) is 12.0. The van der Waals surface area contributed by atoms with Crippen LogP contribution in [0.5, 0.6) is 0 Å². The Balaban J connectivity index is 2.00. The Morgan fingerprint density at radius 1 is 1.26 bits per heavy atom. The van der Waals surface area contributed by atoms with Crippen molar-refractivity contribution in [2.24, 2.45) is 7.05 Å². The summed E-state index contributed by atoms with van der Waals surface area (Å²) in [6.45, 7) is 0. The molecule has 1 N–H and O–H groups in total. The maximum atomic E-state index is 12.5. The van der Waals surface area contributed by atoms with E-state index in [0.29, 0.717) is 5.39 Å². The molecule has 23 heavy (non-hydrogen) atoms. The molecule has 0 bridgehead atoms. The lowest BCUT2D eigenvalue weighted by atomic mass is 10.2. The number of aromatic nitrogens is 2. The van der Waals surface area contributed by atoms with E-state index in [1.807, 2.05) is 6.07 Å². The molecule has 1 aromatic carbocycles. The largest absolute Gasteiger partial charge is 0.349 e. The van der Waals surface area contributed by atoms with Crippen molar-refractivity contribution in [1.82, 2.24) is 14.3 Å². The number of halogens is 1. The Bertz CT molecular complexity index is 1010. The topological polar surface area (TPSA) is 81.1 Å². The molecule has 0 aliphatic carbocycles. The van der Waals surface area contributed by atoms with Crippen LogP contribution in [-0.4, -0.2) is 23.9 Å². The smallest absolute Gasteiger partial charge is 0.266 e. The van der Waals surface area contributed by atoms with E-state index in [1.165, 1.54) is 24.5 Å². The number of rotatable bonds is 3. The van der Waals surface area contributed by atoms with Gasteiger partial charge in [-0.25, -0.2) is 18.1 Å². The number of amides is 1. The lowest BCUT2D eigenvalue weighted by molar-refractivity contribution is 0.0981. The number of sulfonamides is 1. The molecule has 0 saturated carbocycles. The predicted octanol–water partition coefficient (Wildman–Crippen LogP) is 2.35. The maximum Gasteiger partial charge on any atom is 0.266 e. The summed E-state index contributed by atoms with van der Waals surface area (Å²) in [6.07, 6.45) is 2.81. The number of para-hydroxylation sites is 1. The fourth-order valence-electron chi connectivity index (χ4n) is 2.30. The van der Waals surface area contributed by atoms with Gasteiger partial charge in [0.1, 0.15) is 10.0 Å². The lowest BCUT2D eigenvalue weighted by Crippen LogP contribution is -2.30. The Labute approximate surface area is 137 Å². The van der Waals surface area contributed by atoms with Crippen molar-refractivity contribution in [1.29, 1.82) is 0 Å². The molecule has 0 radical (unpaired) electrons. The number of aryl methyl sites for hydroxylation is 1. The van der Waals surface area contributed by atoms with Gasteiger partial charge in [-0.2, -0.15) is 0 Å². The van der Waals surface area contributed by atoms with Crippen LogP contribution in [0.3, 0.4) is 0 Å². The van der Waals surface area contributed by atoms with Crippen molar-refractivity contribution in [3.8, 4) is 0 Å². The van der Waals surface area contributed by atoms with Gasteiger partial charge in [0, 0.05) is 35.9 Å². The van der Waals surface area contributed by atoms with Gasteiger partial charge in [-0.1, -0.05) is 29.8 Å². The van der Waals surface area contributed by atoms with Crippen LogP contribution in [-0.2, 0) is 17.1 Å². The number of nitrogens with one attached hydrogen (secondary N) is 1. The predicted molar refractivity (Wildman–Crippen MR) is 86.8 cm³/mol. The summed E-state index contributed by atoms with van der Waals surface area (Å²) in [4.78, 5) is 15.9. The van der Waals surface area contributed by atoms with Gasteiger partial charge in [0.2, 0.25) is 0 Å². The zero-order valence-corrected chi connectivity index (χ0v) is 13.6. The van der Waals surface area contributed by atoms with Crippen LogP contribution in [0.25, 0.3) is 10.9 Å². The average molecular weight is 350 g/mol. The number of carbonyl (C=O) groups is 1. The Morgan fingerprint density at radius 2 is 2.00 bits per heavy atom. The first-order chi connectivity index (χ1) is 10.9. The van der Waals surface area contributed by atoms with Crippen LogP contribution in [0.15, 0.2) is 53.7 Å². The van der Waals surface area contributed by atoms with Crippen molar-refractivity contribution in [2.45, 2.75) is 4.90 Å². The number of pyridine rings is 1. The highest BCUT2D eigenvalue weighted by Crippen LogP contribution is 2.24. The number of hydrogen-bond donors (Lipinski definition) is 1. The first-order valence-electron chi connectivity index (χ1n) is 6.61. The van der Waals surface area contributed by atoms with Gasteiger partial charge < -0.3 is 4.57 Å². The molecule has 6 nitrogen and oxygen atoms in total. The van der Waals surface area contributed by atoms with Gasteiger partial charge in [-0.15, -0.1) is 0 Å². The standard InChI is InChI=1S/C15H12ClN3O3S/c1-19-9-13(11-4-2-3-5-12(11)19)23(21,22)18-15(20)10-6-7-17-14(16)8-10/h2-9H,1H3,(H,18,20). The molecule has 8 heteroatoms. The first-order valence-corrected chi connectivity index (χ1v) is 8.47. The van der Waals surface area contributed by atoms with E-state index in [0.717, 1.165) is 5.52 Å². The molecule has 0 fully saturated rings. The normalized spacial score (nSPS) is 11.6. The van der Waals surface area contributed by atoms with Crippen molar-refractivity contribution in [3.63, 3.8) is 0 Å². The third-order valence-electron chi connectivity index (χ3n) is 3.37. The summed E-state index contributed by atoms with van der Waals surface area (Å²) in [7, 11) is -2.27. The molecule has 1 amide bonds. The summed E-state index contributed by atoms with van der Waals surface area (Å²) in [5.74, 6) is -0.762. The van der Waals surface area contributed by atoms with E-state index < -0.39 is 15.9 Å². The molecular weight excluding hydrogens is 338 g/mol. The van der Waals surface area contributed by atoms with Crippen LogP contribution < -0.4 is 4.72 Å². The minimum atomic E-state index is -4.01. The molecule has 0 saturated heterocycles. The molecule has 0 atom stereocenters. The maximum absolute atomic E-state index is 12.5. The second-order valence-corrected chi connectivity index (χ2v) is 6.96. The average Bonchev–Trinajstić information content (AvgIpc) is 2.85. The molecule has 0 aliphatic heterocycles. The summed E-state index contributed by atoms with van der Waals surface area (Å²) in [5, 5.41) is 0.656. The number of fused-ring (bicyclic) bond motifs is 1. The molecule has 0 spiro atoms. The molecule has 0 unspecified atom stereocenters. The van der Waals surface area contributed by atoms with E-state index in [1.54, 1.807) is 29.8 Å². The Morgan fingerprint density at radius 3 is 2.74 bits per heavy atom. The van der Waals surface area contributed by atoms with E-state index in [4.69, 9.17) is 11.6 Å². The molecule has 118 valence electrons. The monoisotopic (exact) mass is 349 g/mol. The van der Waals surface area contributed by atoms with Gasteiger partial charge in [0.05, 0.1) is 0 Å². The SMILES string of the molecule is Cn1cc(S(=O)(=O)NC(=O)c2ccnc(Cl)c2)c2ccccc21. The fourth-order valence-corrected chi connectivity index (χ4v) is 3.70. The molecular formula is C15H12ClN3O3S. The van der Waals surface area contributed by atoms with Crippen molar-refractivity contribution >= 4 is 38.4 Å². The minimum absolute atomic E-state index is 0.0455. The van der Waals surface area contributed by atoms with Gasteiger partial charge in [0.15, 0.2) is 0 Å². The van der Waals surface area contributed by atoms with Crippen molar-refractivity contribution in [3.05, 3.63) is 59.5 Å². The fraction of sp³-hybridized carbons (Fsp3) is 0.0667. The van der Waals surface area contributed by atoms with E-state index in [-0.39, 0.29) is 15.6 Å². The van der Waals surface area contributed by atoms with Crippen molar-refractivity contribution < 1.29 is 13.2 Å². The first kappa shape index (κ1) is 15.5. The Kier molecular flexibility index (Phi) is 3.83. The summed E-state index contributed by atoms with van der Waals surface area (Å²) >= 11 is 5.71. The van der Waals surface area contributed by atoms with E-state index in [9.17, 15) is 13.2 Å². The van der Waals surface area contributed by atoms with Crippen LogP contribution >= 0.6 is 11.6 Å². The molecule has 3 aromatic rings. The molecule has 2 aromatic heterocycles. The quantitative estimate of drug-likeness (QED) is 0.736. The number of nitrogens with zero attached hydrogens (tertiary/aromatic N) is 2. The summed E-state index contributed by atoms with van der Waals surface area (Å²) in [6, 6.07) is 9.74. The van der Waals surface area contributed by atoms with Crippen molar-refractivity contribution in [2.75, 3.05) is 0 Å². The van der Waals surface area contributed by atoms with Gasteiger partial charge in [-0.05, 0) is 18.2 Å². The minimum Gasteiger partial charge on any atom is -0.349 e. The van der Waals surface area contributed by atoms with Gasteiger partial charge in [0.25, 0.3) is 15.9 Å². The third-order valence-corrected chi connectivity index (χ3v) is 4.93. The second kappa shape index (κ2) is 5.68.